The number of benzene rings is 1. The number of hydrogen-bond acceptors (Lipinski definition) is 3. The average Bonchev–Trinajstić information content (AvgIpc) is 2.26. The van der Waals surface area contributed by atoms with Gasteiger partial charge >= 0.3 is 5.97 Å². The number of hydrogen-bond donors (Lipinski definition) is 1. The molecule has 1 unspecified atom stereocenters. The molecule has 0 aromatic heterocycles. The van der Waals surface area contributed by atoms with Gasteiger partial charge in [-0.3, -0.25) is 4.79 Å². The van der Waals surface area contributed by atoms with E-state index in [0.717, 1.165) is 17.9 Å². The number of carbonyl (C=O) groups is 1. The van der Waals surface area contributed by atoms with Gasteiger partial charge in [0, 0.05) is 0 Å². The Hall–Kier alpha value is -1.16. The molecule has 0 bridgehead atoms. The van der Waals surface area contributed by atoms with Crippen molar-refractivity contribution in [1.29, 1.82) is 0 Å². The molecule has 3 nitrogen and oxygen atoms in total. The predicted molar refractivity (Wildman–Crippen MR) is 75.6 cm³/mol. The first-order valence-electron chi connectivity index (χ1n) is 6.04. The van der Waals surface area contributed by atoms with Crippen LogP contribution in [0.2, 0.25) is 0 Å². The lowest BCUT2D eigenvalue weighted by Crippen LogP contribution is -2.12. The van der Waals surface area contributed by atoms with Crippen LogP contribution >= 0.6 is 11.8 Å². The van der Waals surface area contributed by atoms with E-state index < -0.39 is 5.97 Å². The lowest BCUT2D eigenvalue weighted by molar-refractivity contribution is -0.136. The Balaban J connectivity index is 2.23. The Morgan fingerprint density at radius 1 is 1.33 bits per heavy atom. The van der Waals surface area contributed by atoms with Gasteiger partial charge in [-0.1, -0.05) is 6.07 Å². The summed E-state index contributed by atoms with van der Waals surface area (Å²) in [4.78, 5) is 10.6. The summed E-state index contributed by atoms with van der Waals surface area (Å²) in [6, 6.07) is 6.14. The van der Waals surface area contributed by atoms with Gasteiger partial charge < -0.3 is 9.84 Å². The first-order chi connectivity index (χ1) is 8.49. The minimum atomic E-state index is -0.754. The summed E-state index contributed by atoms with van der Waals surface area (Å²) in [6.45, 7) is 6.43. The third-order valence-electron chi connectivity index (χ3n) is 2.47. The Morgan fingerprint density at radius 3 is 2.50 bits per heavy atom. The van der Waals surface area contributed by atoms with Crippen molar-refractivity contribution in [3.8, 4) is 5.75 Å². The zero-order valence-electron chi connectivity index (χ0n) is 11.1. The Bertz CT molecular complexity index is 384. The van der Waals surface area contributed by atoms with Crippen molar-refractivity contribution in [1.82, 2.24) is 0 Å². The summed E-state index contributed by atoms with van der Waals surface area (Å²) in [7, 11) is 0. The summed E-state index contributed by atoms with van der Waals surface area (Å²) in [5, 5.41) is 8.38. The first kappa shape index (κ1) is 14.9. The molecule has 1 rings (SSSR count). The highest BCUT2D eigenvalue weighted by Gasteiger charge is 2.10. The second-order valence-electron chi connectivity index (χ2n) is 4.38. The second kappa shape index (κ2) is 7.31. The third kappa shape index (κ3) is 5.45. The molecule has 0 aliphatic carbocycles. The molecule has 0 aliphatic rings. The molecule has 4 heteroatoms. The van der Waals surface area contributed by atoms with E-state index in [0.29, 0.717) is 6.61 Å². The Kier molecular flexibility index (Phi) is 6.05. The molecular formula is C14H20O3S. The van der Waals surface area contributed by atoms with Crippen molar-refractivity contribution in [2.75, 3.05) is 12.4 Å². The number of thioether (sulfide) groups is 1. The van der Waals surface area contributed by atoms with Crippen molar-refractivity contribution in [3.05, 3.63) is 29.3 Å². The monoisotopic (exact) mass is 268 g/mol. The first-order valence-corrected chi connectivity index (χ1v) is 7.09. The highest BCUT2D eigenvalue weighted by Crippen LogP contribution is 2.17. The van der Waals surface area contributed by atoms with Gasteiger partial charge in [0.05, 0.1) is 11.9 Å². The summed E-state index contributed by atoms with van der Waals surface area (Å²) < 4.78 is 5.65. The summed E-state index contributed by atoms with van der Waals surface area (Å²) in [6.07, 6.45) is 0.856. The third-order valence-corrected chi connectivity index (χ3v) is 3.69. The molecular weight excluding hydrogens is 248 g/mol. The van der Waals surface area contributed by atoms with Gasteiger partial charge in [0.2, 0.25) is 0 Å². The summed E-state index contributed by atoms with van der Waals surface area (Å²) >= 11 is 1.45. The molecule has 1 aromatic carbocycles. The Morgan fingerprint density at radius 2 is 1.94 bits per heavy atom. The van der Waals surface area contributed by atoms with Gasteiger partial charge in [0.15, 0.2) is 0 Å². The van der Waals surface area contributed by atoms with Crippen LogP contribution in [-0.4, -0.2) is 28.7 Å². The normalized spacial score (nSPS) is 12.2. The maximum atomic E-state index is 10.6. The van der Waals surface area contributed by atoms with Crippen LogP contribution in [0.4, 0.5) is 0 Å². The largest absolute Gasteiger partial charge is 0.494 e. The highest BCUT2D eigenvalue weighted by atomic mass is 32.2. The molecule has 18 heavy (non-hydrogen) atoms. The minimum absolute atomic E-state index is 0.341. The lowest BCUT2D eigenvalue weighted by Gasteiger charge is -2.09. The van der Waals surface area contributed by atoms with Crippen LogP contribution in [0.15, 0.2) is 18.2 Å². The zero-order chi connectivity index (χ0) is 13.5. The second-order valence-corrected chi connectivity index (χ2v) is 5.83. The molecule has 100 valence electrons. The van der Waals surface area contributed by atoms with Gasteiger partial charge in [-0.05, 0) is 56.2 Å². The summed E-state index contributed by atoms with van der Waals surface area (Å²) in [5.74, 6) is 0.942. The van der Waals surface area contributed by atoms with Crippen LogP contribution in [0.1, 0.15) is 24.5 Å². The number of ether oxygens (including phenoxy) is 1. The zero-order valence-corrected chi connectivity index (χ0v) is 11.9. The van der Waals surface area contributed by atoms with E-state index in [1.54, 1.807) is 6.92 Å². The van der Waals surface area contributed by atoms with E-state index in [1.807, 2.05) is 26.0 Å². The van der Waals surface area contributed by atoms with Crippen LogP contribution in [0.3, 0.4) is 0 Å². The van der Waals surface area contributed by atoms with E-state index in [-0.39, 0.29) is 5.25 Å². The molecule has 1 atom stereocenters. The highest BCUT2D eigenvalue weighted by molar-refractivity contribution is 8.00. The van der Waals surface area contributed by atoms with Crippen LogP contribution in [0, 0.1) is 13.8 Å². The van der Waals surface area contributed by atoms with Gasteiger partial charge in [-0.25, -0.2) is 0 Å². The molecule has 1 aromatic rings. The van der Waals surface area contributed by atoms with Crippen LogP contribution in [0.25, 0.3) is 0 Å². The van der Waals surface area contributed by atoms with Crippen LogP contribution in [0.5, 0.6) is 5.75 Å². The van der Waals surface area contributed by atoms with Gasteiger partial charge in [-0.15, -0.1) is 11.8 Å². The molecule has 0 radical (unpaired) electrons. The van der Waals surface area contributed by atoms with E-state index in [9.17, 15) is 4.79 Å². The number of carboxylic acid groups (broad SMARTS) is 1. The fourth-order valence-corrected chi connectivity index (χ4v) is 2.38. The number of rotatable bonds is 7. The molecule has 0 fully saturated rings. The van der Waals surface area contributed by atoms with Crippen molar-refractivity contribution < 1.29 is 14.6 Å². The molecule has 0 spiro atoms. The number of carboxylic acids is 1. The number of aliphatic carboxylic acids is 1. The van der Waals surface area contributed by atoms with Crippen LogP contribution < -0.4 is 4.74 Å². The predicted octanol–water partition coefficient (Wildman–Crippen LogP) is 3.28. The molecule has 0 aliphatic heterocycles. The SMILES string of the molecule is Cc1cc(C)cc(OCCCSC(C)C(=O)O)c1. The molecule has 0 saturated carbocycles. The Labute approximate surface area is 113 Å². The van der Waals surface area contributed by atoms with Crippen molar-refractivity contribution >= 4 is 17.7 Å². The van der Waals surface area contributed by atoms with Gasteiger partial charge in [-0.2, -0.15) is 0 Å². The molecule has 0 saturated heterocycles. The fourth-order valence-electron chi connectivity index (χ4n) is 1.60. The maximum absolute atomic E-state index is 10.6. The topological polar surface area (TPSA) is 46.5 Å². The number of aryl methyl sites for hydroxylation is 2. The average molecular weight is 268 g/mol. The smallest absolute Gasteiger partial charge is 0.316 e. The van der Waals surface area contributed by atoms with Crippen molar-refractivity contribution in [3.63, 3.8) is 0 Å². The molecule has 1 N–H and O–H groups in total. The standard InChI is InChI=1S/C14H20O3S/c1-10-7-11(2)9-13(8-10)17-5-4-6-18-12(3)14(15)16/h7-9,12H,4-6H2,1-3H3,(H,15,16). The van der Waals surface area contributed by atoms with E-state index in [1.165, 1.54) is 22.9 Å². The summed E-state index contributed by atoms with van der Waals surface area (Å²) in [5.41, 5.74) is 2.39. The van der Waals surface area contributed by atoms with Crippen molar-refractivity contribution in [2.24, 2.45) is 0 Å². The lowest BCUT2D eigenvalue weighted by atomic mass is 10.1. The fraction of sp³-hybridized carbons (Fsp3) is 0.500. The van der Waals surface area contributed by atoms with E-state index >= 15 is 0 Å². The maximum Gasteiger partial charge on any atom is 0.316 e. The van der Waals surface area contributed by atoms with Crippen molar-refractivity contribution in [2.45, 2.75) is 32.4 Å². The van der Waals surface area contributed by atoms with Gasteiger partial charge in [0.1, 0.15) is 5.75 Å². The quantitative estimate of drug-likeness (QED) is 0.771. The van der Waals surface area contributed by atoms with Crippen LogP contribution in [-0.2, 0) is 4.79 Å². The van der Waals surface area contributed by atoms with Gasteiger partial charge in [0.25, 0.3) is 0 Å². The van der Waals surface area contributed by atoms with E-state index in [2.05, 4.69) is 6.07 Å². The van der Waals surface area contributed by atoms with E-state index in [4.69, 9.17) is 9.84 Å². The minimum Gasteiger partial charge on any atom is -0.494 e. The molecule has 0 amide bonds. The molecule has 0 heterocycles.